The van der Waals surface area contributed by atoms with E-state index in [1.807, 2.05) is 40.1 Å². The number of benzene rings is 1. The molecule has 2 amide bonds. The standard InChI is InChI=1S/C18H25N3O2.ClH/c1-14-13-19-9-12-21(14)18(23)16-7-10-20(11-8-16)17(22)15-5-3-2-4-6-15;/h2-6,14,16,19H,7-13H2,1H3;1H/t14-;/m1./s1. The molecule has 5 nitrogen and oxygen atoms in total. The maximum absolute atomic E-state index is 12.7. The quantitative estimate of drug-likeness (QED) is 0.883. The largest absolute Gasteiger partial charge is 0.339 e. The summed E-state index contributed by atoms with van der Waals surface area (Å²) in [6.45, 7) is 5.98. The van der Waals surface area contributed by atoms with E-state index in [1.54, 1.807) is 0 Å². The van der Waals surface area contributed by atoms with Crippen LogP contribution in [0, 0.1) is 5.92 Å². The van der Waals surface area contributed by atoms with Crippen LogP contribution in [0.3, 0.4) is 0 Å². The lowest BCUT2D eigenvalue weighted by molar-refractivity contribution is -0.139. The van der Waals surface area contributed by atoms with Crippen molar-refractivity contribution in [2.75, 3.05) is 32.7 Å². The second-order valence-corrected chi connectivity index (χ2v) is 6.52. The van der Waals surface area contributed by atoms with Crippen LogP contribution in [0.5, 0.6) is 0 Å². The lowest BCUT2D eigenvalue weighted by Gasteiger charge is -2.39. The van der Waals surface area contributed by atoms with E-state index < -0.39 is 0 Å². The van der Waals surface area contributed by atoms with Crippen LogP contribution in [0.2, 0.25) is 0 Å². The average Bonchev–Trinajstić information content (AvgIpc) is 2.62. The van der Waals surface area contributed by atoms with Crippen LogP contribution in [-0.2, 0) is 4.79 Å². The third-order valence-corrected chi connectivity index (χ3v) is 4.94. The van der Waals surface area contributed by atoms with E-state index >= 15 is 0 Å². The summed E-state index contributed by atoms with van der Waals surface area (Å²) in [6, 6.07) is 9.64. The van der Waals surface area contributed by atoms with Crippen molar-refractivity contribution in [1.29, 1.82) is 0 Å². The van der Waals surface area contributed by atoms with Crippen molar-refractivity contribution in [3.63, 3.8) is 0 Å². The Morgan fingerprint density at radius 1 is 1.08 bits per heavy atom. The summed E-state index contributed by atoms with van der Waals surface area (Å²) in [5.41, 5.74) is 0.730. The summed E-state index contributed by atoms with van der Waals surface area (Å²) in [5.74, 6) is 0.410. The first-order valence-corrected chi connectivity index (χ1v) is 8.52. The van der Waals surface area contributed by atoms with Crippen LogP contribution >= 0.6 is 12.4 Å². The van der Waals surface area contributed by atoms with Gasteiger partial charge in [0.2, 0.25) is 5.91 Å². The van der Waals surface area contributed by atoms with Gasteiger partial charge in [-0.15, -0.1) is 12.4 Å². The normalized spacial score (nSPS) is 22.0. The van der Waals surface area contributed by atoms with Gasteiger partial charge in [0.1, 0.15) is 0 Å². The van der Waals surface area contributed by atoms with Crippen molar-refractivity contribution in [1.82, 2.24) is 15.1 Å². The van der Waals surface area contributed by atoms with Gasteiger partial charge < -0.3 is 15.1 Å². The molecule has 3 rings (SSSR count). The first-order valence-electron chi connectivity index (χ1n) is 8.52. The van der Waals surface area contributed by atoms with Crippen molar-refractivity contribution in [2.45, 2.75) is 25.8 Å². The van der Waals surface area contributed by atoms with Gasteiger partial charge in [0, 0.05) is 50.2 Å². The van der Waals surface area contributed by atoms with Crippen molar-refractivity contribution < 1.29 is 9.59 Å². The molecule has 2 fully saturated rings. The van der Waals surface area contributed by atoms with Gasteiger partial charge in [-0.1, -0.05) is 18.2 Å². The molecule has 2 heterocycles. The molecule has 1 N–H and O–H groups in total. The van der Waals surface area contributed by atoms with E-state index in [9.17, 15) is 9.59 Å². The van der Waals surface area contributed by atoms with E-state index in [-0.39, 0.29) is 36.2 Å². The minimum absolute atomic E-state index is 0. The highest BCUT2D eigenvalue weighted by atomic mass is 35.5. The van der Waals surface area contributed by atoms with E-state index in [4.69, 9.17) is 0 Å². The summed E-state index contributed by atoms with van der Waals surface area (Å²) in [6.07, 6.45) is 1.54. The number of likely N-dealkylation sites (tertiary alicyclic amines) is 1. The second kappa shape index (κ2) is 8.49. The van der Waals surface area contributed by atoms with Gasteiger partial charge in [-0.2, -0.15) is 0 Å². The van der Waals surface area contributed by atoms with Crippen molar-refractivity contribution in [3.8, 4) is 0 Å². The molecule has 0 radical (unpaired) electrons. The molecule has 2 aliphatic rings. The molecule has 0 saturated carbocycles. The Morgan fingerprint density at radius 2 is 1.75 bits per heavy atom. The molecule has 0 aromatic heterocycles. The lowest BCUT2D eigenvalue weighted by Crippen LogP contribution is -2.55. The third-order valence-electron chi connectivity index (χ3n) is 4.94. The molecule has 0 aliphatic carbocycles. The molecule has 132 valence electrons. The van der Waals surface area contributed by atoms with Gasteiger partial charge in [0.05, 0.1) is 0 Å². The molecular weight excluding hydrogens is 326 g/mol. The summed E-state index contributed by atoms with van der Waals surface area (Å²) in [4.78, 5) is 29.0. The summed E-state index contributed by atoms with van der Waals surface area (Å²) in [5, 5.41) is 3.32. The first-order chi connectivity index (χ1) is 11.2. The zero-order chi connectivity index (χ0) is 16.2. The number of piperazine rings is 1. The molecule has 1 aromatic carbocycles. The van der Waals surface area contributed by atoms with Gasteiger partial charge >= 0.3 is 0 Å². The summed E-state index contributed by atoms with van der Waals surface area (Å²) in [7, 11) is 0. The Balaban J connectivity index is 0.00000208. The van der Waals surface area contributed by atoms with Gasteiger partial charge in [-0.25, -0.2) is 0 Å². The van der Waals surface area contributed by atoms with E-state index in [1.165, 1.54) is 0 Å². The number of hydrogen-bond acceptors (Lipinski definition) is 3. The number of nitrogens with one attached hydrogen (secondary N) is 1. The smallest absolute Gasteiger partial charge is 0.253 e. The van der Waals surface area contributed by atoms with E-state index in [0.29, 0.717) is 13.1 Å². The molecule has 0 bridgehead atoms. The third kappa shape index (κ3) is 4.08. The van der Waals surface area contributed by atoms with Gasteiger partial charge in [-0.05, 0) is 31.9 Å². The maximum Gasteiger partial charge on any atom is 0.253 e. The first kappa shape index (κ1) is 18.7. The Kier molecular flexibility index (Phi) is 6.63. The predicted octanol–water partition coefficient (Wildman–Crippen LogP) is 1.78. The number of amides is 2. The lowest BCUT2D eigenvalue weighted by atomic mass is 9.94. The number of carbonyl (C=O) groups excluding carboxylic acids is 2. The van der Waals surface area contributed by atoms with Crippen LogP contribution in [0.15, 0.2) is 30.3 Å². The topological polar surface area (TPSA) is 52.7 Å². The van der Waals surface area contributed by atoms with Crippen LogP contribution in [0.4, 0.5) is 0 Å². The molecule has 0 unspecified atom stereocenters. The Labute approximate surface area is 149 Å². The number of nitrogens with zero attached hydrogens (tertiary/aromatic N) is 2. The molecule has 24 heavy (non-hydrogen) atoms. The average molecular weight is 352 g/mol. The SMILES string of the molecule is C[C@@H]1CNCCN1C(=O)C1CCN(C(=O)c2ccccc2)CC1.Cl. The van der Waals surface area contributed by atoms with Gasteiger partial charge in [0.15, 0.2) is 0 Å². The second-order valence-electron chi connectivity index (χ2n) is 6.52. The molecule has 1 atom stereocenters. The van der Waals surface area contributed by atoms with Crippen LogP contribution in [0.1, 0.15) is 30.1 Å². The Bertz CT molecular complexity index is 559. The highest BCUT2D eigenvalue weighted by molar-refractivity contribution is 5.94. The monoisotopic (exact) mass is 351 g/mol. The molecule has 2 aliphatic heterocycles. The molecule has 1 aromatic rings. The predicted molar refractivity (Wildman–Crippen MR) is 96.4 cm³/mol. The van der Waals surface area contributed by atoms with Gasteiger partial charge in [-0.3, -0.25) is 9.59 Å². The van der Waals surface area contributed by atoms with E-state index in [2.05, 4.69) is 12.2 Å². The maximum atomic E-state index is 12.7. The van der Waals surface area contributed by atoms with Crippen LogP contribution < -0.4 is 5.32 Å². The minimum Gasteiger partial charge on any atom is -0.339 e. The highest BCUT2D eigenvalue weighted by Gasteiger charge is 2.32. The minimum atomic E-state index is 0. The number of hydrogen-bond donors (Lipinski definition) is 1. The fourth-order valence-corrected chi connectivity index (χ4v) is 3.50. The molecular formula is C18H26ClN3O2. The van der Waals surface area contributed by atoms with Crippen LogP contribution in [-0.4, -0.2) is 60.4 Å². The van der Waals surface area contributed by atoms with Crippen molar-refractivity contribution in [3.05, 3.63) is 35.9 Å². The zero-order valence-corrected chi connectivity index (χ0v) is 14.9. The number of carbonyl (C=O) groups is 2. The Morgan fingerprint density at radius 3 is 2.38 bits per heavy atom. The van der Waals surface area contributed by atoms with E-state index in [0.717, 1.165) is 38.0 Å². The van der Waals surface area contributed by atoms with Crippen molar-refractivity contribution in [2.24, 2.45) is 5.92 Å². The van der Waals surface area contributed by atoms with Crippen LogP contribution in [0.25, 0.3) is 0 Å². The van der Waals surface area contributed by atoms with Crippen molar-refractivity contribution >= 4 is 24.2 Å². The molecule has 2 saturated heterocycles. The number of piperidine rings is 1. The Hall–Kier alpha value is -1.59. The summed E-state index contributed by atoms with van der Waals surface area (Å²) >= 11 is 0. The highest BCUT2D eigenvalue weighted by Crippen LogP contribution is 2.22. The molecule has 6 heteroatoms. The summed E-state index contributed by atoms with van der Waals surface area (Å²) < 4.78 is 0. The molecule has 0 spiro atoms. The fraction of sp³-hybridized carbons (Fsp3) is 0.556. The van der Waals surface area contributed by atoms with Gasteiger partial charge in [0.25, 0.3) is 5.91 Å². The zero-order valence-electron chi connectivity index (χ0n) is 14.1. The fourth-order valence-electron chi connectivity index (χ4n) is 3.50. The number of rotatable bonds is 2. The number of halogens is 1.